The molecular formula is C11H15N3S. The van der Waals surface area contributed by atoms with E-state index in [1.165, 1.54) is 22.8 Å². The molecule has 0 unspecified atom stereocenters. The Morgan fingerprint density at radius 1 is 1.27 bits per heavy atom. The van der Waals surface area contributed by atoms with Crippen molar-refractivity contribution >= 4 is 11.8 Å². The minimum absolute atomic E-state index is 0.186. The maximum absolute atomic E-state index is 6.11. The molecule has 1 aromatic rings. The molecule has 3 nitrogen and oxygen atoms in total. The highest BCUT2D eigenvalue weighted by molar-refractivity contribution is 7.99. The fourth-order valence-electron chi connectivity index (χ4n) is 1.92. The molecule has 0 saturated heterocycles. The lowest BCUT2D eigenvalue weighted by Crippen LogP contribution is -2.23. The molecule has 4 heteroatoms. The van der Waals surface area contributed by atoms with Crippen molar-refractivity contribution < 1.29 is 0 Å². The number of thioether (sulfide) groups is 1. The zero-order valence-electron chi connectivity index (χ0n) is 8.70. The fraction of sp³-hybridized carbons (Fsp3) is 0.636. The van der Waals surface area contributed by atoms with Crippen molar-refractivity contribution in [2.24, 2.45) is 5.73 Å². The van der Waals surface area contributed by atoms with Crippen LogP contribution in [0, 0.1) is 0 Å². The summed E-state index contributed by atoms with van der Waals surface area (Å²) in [4.78, 5) is 9.08. The van der Waals surface area contributed by atoms with Gasteiger partial charge in [-0.25, -0.2) is 9.97 Å². The summed E-state index contributed by atoms with van der Waals surface area (Å²) in [5.41, 5.74) is 8.49. The molecule has 0 bridgehead atoms. The Hall–Kier alpha value is -0.610. The number of aromatic nitrogens is 2. The van der Waals surface area contributed by atoms with E-state index < -0.39 is 0 Å². The Morgan fingerprint density at radius 3 is 2.87 bits per heavy atom. The van der Waals surface area contributed by atoms with Gasteiger partial charge in [-0.15, -0.1) is 0 Å². The molecule has 80 valence electrons. The third-order valence-corrected chi connectivity index (χ3v) is 4.17. The van der Waals surface area contributed by atoms with Crippen LogP contribution in [0.25, 0.3) is 0 Å². The lowest BCUT2D eigenvalue weighted by molar-refractivity contribution is 0.660. The molecule has 1 saturated carbocycles. The van der Waals surface area contributed by atoms with Gasteiger partial charge in [-0.3, -0.25) is 0 Å². The van der Waals surface area contributed by atoms with Gasteiger partial charge >= 0.3 is 0 Å². The van der Waals surface area contributed by atoms with Gasteiger partial charge in [-0.05, 0) is 42.8 Å². The molecule has 1 aliphatic carbocycles. The van der Waals surface area contributed by atoms with Crippen LogP contribution < -0.4 is 5.73 Å². The highest BCUT2D eigenvalue weighted by atomic mass is 32.2. The number of nitrogens with two attached hydrogens (primary N) is 1. The van der Waals surface area contributed by atoms with Crippen molar-refractivity contribution in [3.8, 4) is 0 Å². The standard InChI is InChI=1S/C11H15N3S/c12-11(3-4-11)10-13-7-8-1-5-15-6-2-9(8)14-10/h7H,1-6,12H2. The van der Waals surface area contributed by atoms with Gasteiger partial charge in [0.1, 0.15) is 5.82 Å². The molecule has 0 atom stereocenters. The summed E-state index contributed by atoms with van der Waals surface area (Å²) in [6.45, 7) is 0. The second kappa shape index (κ2) is 3.46. The molecule has 0 radical (unpaired) electrons. The smallest absolute Gasteiger partial charge is 0.148 e. The molecule has 1 aromatic heterocycles. The van der Waals surface area contributed by atoms with Crippen molar-refractivity contribution in [3.63, 3.8) is 0 Å². The van der Waals surface area contributed by atoms with Gasteiger partial charge in [-0.1, -0.05) is 0 Å². The molecule has 2 aliphatic rings. The van der Waals surface area contributed by atoms with Crippen LogP contribution in [0.5, 0.6) is 0 Å². The minimum atomic E-state index is -0.186. The first-order valence-corrected chi connectivity index (χ1v) is 6.65. The average molecular weight is 221 g/mol. The number of hydrogen-bond donors (Lipinski definition) is 1. The van der Waals surface area contributed by atoms with E-state index >= 15 is 0 Å². The van der Waals surface area contributed by atoms with E-state index in [9.17, 15) is 0 Å². The largest absolute Gasteiger partial charge is 0.319 e. The zero-order valence-corrected chi connectivity index (χ0v) is 9.52. The van der Waals surface area contributed by atoms with E-state index in [1.807, 2.05) is 18.0 Å². The predicted octanol–water partition coefficient (Wildman–Crippen LogP) is 1.26. The van der Waals surface area contributed by atoms with Crippen LogP contribution in [-0.2, 0) is 18.4 Å². The van der Waals surface area contributed by atoms with E-state index in [-0.39, 0.29) is 5.54 Å². The Kier molecular flexibility index (Phi) is 2.21. The van der Waals surface area contributed by atoms with Crippen LogP contribution in [0.15, 0.2) is 6.20 Å². The van der Waals surface area contributed by atoms with Gasteiger partial charge in [-0.2, -0.15) is 11.8 Å². The summed E-state index contributed by atoms with van der Waals surface area (Å²) in [5.74, 6) is 3.25. The third kappa shape index (κ3) is 1.76. The molecule has 15 heavy (non-hydrogen) atoms. The number of rotatable bonds is 1. The maximum Gasteiger partial charge on any atom is 0.148 e. The number of nitrogens with zero attached hydrogens (tertiary/aromatic N) is 2. The van der Waals surface area contributed by atoms with Crippen molar-refractivity contribution in [2.45, 2.75) is 31.2 Å². The van der Waals surface area contributed by atoms with Gasteiger partial charge in [0.15, 0.2) is 0 Å². The molecule has 3 rings (SSSR count). The Bertz CT molecular complexity index is 387. The average Bonchev–Trinajstić information content (AvgIpc) is 3.01. The van der Waals surface area contributed by atoms with Crippen molar-refractivity contribution in [3.05, 3.63) is 23.3 Å². The molecule has 2 heterocycles. The van der Waals surface area contributed by atoms with Gasteiger partial charge in [0, 0.05) is 11.9 Å². The summed E-state index contributed by atoms with van der Waals surface area (Å²) in [6, 6.07) is 0. The first-order chi connectivity index (χ1) is 7.28. The highest BCUT2D eigenvalue weighted by Gasteiger charge is 2.43. The lowest BCUT2D eigenvalue weighted by atomic mass is 10.1. The maximum atomic E-state index is 6.11. The number of aryl methyl sites for hydroxylation is 2. The van der Waals surface area contributed by atoms with E-state index in [0.29, 0.717) is 0 Å². The molecular weight excluding hydrogens is 206 g/mol. The predicted molar refractivity (Wildman–Crippen MR) is 61.9 cm³/mol. The van der Waals surface area contributed by atoms with Crippen LogP contribution in [0.4, 0.5) is 0 Å². The minimum Gasteiger partial charge on any atom is -0.319 e. The monoisotopic (exact) mass is 221 g/mol. The molecule has 1 fully saturated rings. The Morgan fingerprint density at radius 2 is 2.07 bits per heavy atom. The zero-order chi connectivity index (χ0) is 10.3. The van der Waals surface area contributed by atoms with Crippen LogP contribution in [-0.4, -0.2) is 21.5 Å². The Labute approximate surface area is 93.9 Å². The summed E-state index contributed by atoms with van der Waals surface area (Å²) in [5, 5.41) is 0. The highest BCUT2D eigenvalue weighted by Crippen LogP contribution is 2.40. The van der Waals surface area contributed by atoms with Crippen LogP contribution >= 0.6 is 11.8 Å². The summed E-state index contributed by atoms with van der Waals surface area (Å²) in [7, 11) is 0. The van der Waals surface area contributed by atoms with E-state index in [0.717, 1.165) is 31.5 Å². The number of hydrogen-bond acceptors (Lipinski definition) is 4. The normalized spacial score (nSPS) is 23.0. The van der Waals surface area contributed by atoms with Gasteiger partial charge in [0.05, 0.1) is 5.54 Å². The second-order valence-corrected chi connectivity index (χ2v) is 5.66. The lowest BCUT2D eigenvalue weighted by Gasteiger charge is -2.10. The van der Waals surface area contributed by atoms with Crippen molar-refractivity contribution in [2.75, 3.05) is 11.5 Å². The molecule has 2 N–H and O–H groups in total. The molecule has 0 aromatic carbocycles. The third-order valence-electron chi connectivity index (χ3n) is 3.19. The first kappa shape index (κ1) is 9.60. The van der Waals surface area contributed by atoms with Gasteiger partial charge in [0.2, 0.25) is 0 Å². The molecule has 0 spiro atoms. The second-order valence-electron chi connectivity index (χ2n) is 4.43. The van der Waals surface area contributed by atoms with E-state index in [2.05, 4.69) is 9.97 Å². The van der Waals surface area contributed by atoms with E-state index in [4.69, 9.17) is 5.73 Å². The van der Waals surface area contributed by atoms with Crippen LogP contribution in [0.2, 0.25) is 0 Å². The fourth-order valence-corrected chi connectivity index (χ4v) is 2.82. The van der Waals surface area contributed by atoms with E-state index in [1.54, 1.807) is 0 Å². The van der Waals surface area contributed by atoms with Crippen LogP contribution in [0.3, 0.4) is 0 Å². The van der Waals surface area contributed by atoms with Crippen molar-refractivity contribution in [1.29, 1.82) is 0 Å². The SMILES string of the molecule is NC1(c2ncc3c(n2)CCSCC3)CC1. The van der Waals surface area contributed by atoms with Gasteiger partial charge in [0.25, 0.3) is 0 Å². The summed E-state index contributed by atoms with van der Waals surface area (Å²) < 4.78 is 0. The quantitative estimate of drug-likeness (QED) is 0.775. The topological polar surface area (TPSA) is 51.8 Å². The Balaban J connectivity index is 1.97. The molecule has 0 amide bonds. The summed E-state index contributed by atoms with van der Waals surface area (Å²) in [6.07, 6.45) is 6.26. The number of fused-ring (bicyclic) bond motifs is 1. The van der Waals surface area contributed by atoms with Crippen molar-refractivity contribution in [1.82, 2.24) is 9.97 Å². The first-order valence-electron chi connectivity index (χ1n) is 5.50. The molecule has 1 aliphatic heterocycles. The summed E-state index contributed by atoms with van der Waals surface area (Å²) >= 11 is 2.00. The van der Waals surface area contributed by atoms with Crippen LogP contribution in [0.1, 0.15) is 29.9 Å². The van der Waals surface area contributed by atoms with Gasteiger partial charge < -0.3 is 5.73 Å².